The van der Waals surface area contributed by atoms with E-state index in [0.717, 1.165) is 11.1 Å². The van der Waals surface area contributed by atoms with Crippen molar-refractivity contribution in [3.8, 4) is 11.5 Å². The number of anilines is 1. The lowest BCUT2D eigenvalue weighted by molar-refractivity contribution is -0.127. The lowest BCUT2D eigenvalue weighted by Crippen LogP contribution is -2.33. The summed E-state index contributed by atoms with van der Waals surface area (Å²) in [4.78, 5) is 42.4. The number of methoxy groups -OCH3 is 2. The highest BCUT2D eigenvalue weighted by Gasteiger charge is 2.37. The van der Waals surface area contributed by atoms with Gasteiger partial charge in [-0.25, -0.2) is 9.78 Å². The first-order valence-corrected chi connectivity index (χ1v) is 9.97. The number of benzene rings is 1. The Balaban J connectivity index is 1.52. The van der Waals surface area contributed by atoms with E-state index in [1.165, 1.54) is 4.90 Å². The predicted molar refractivity (Wildman–Crippen MR) is 114 cm³/mol. The summed E-state index contributed by atoms with van der Waals surface area (Å²) in [5.41, 5.74) is 1.76. The van der Waals surface area contributed by atoms with Crippen LogP contribution in [0.3, 0.4) is 0 Å². The van der Waals surface area contributed by atoms with Crippen LogP contribution < -0.4 is 20.1 Å². The number of hydrogen-bond donors (Lipinski definition) is 2. The summed E-state index contributed by atoms with van der Waals surface area (Å²) in [6.45, 7) is 2.08. The van der Waals surface area contributed by atoms with Gasteiger partial charge in [0.05, 0.1) is 14.2 Å². The molecule has 3 rings (SSSR count). The standard InChI is InChI=1S/C22H26N4O5/c1-14-5-4-11-23-20(14)25-19(27)9-7-16-21(28)26(22(29)24-16)12-10-15-6-8-17(30-2)18(13-15)31-3/h4-6,8,11,13,16H,7,9-10,12H2,1-3H3,(H,24,29)(H,23,25,27)/t16-/m0/s1. The Morgan fingerprint density at radius 1 is 1.19 bits per heavy atom. The van der Waals surface area contributed by atoms with E-state index in [4.69, 9.17) is 9.47 Å². The maximum absolute atomic E-state index is 12.6. The SMILES string of the molecule is COc1ccc(CCN2C(=O)N[C@@H](CCC(=O)Nc3ncccc3C)C2=O)cc1OC. The van der Waals surface area contributed by atoms with Gasteiger partial charge in [0, 0.05) is 19.2 Å². The molecule has 31 heavy (non-hydrogen) atoms. The minimum atomic E-state index is -0.714. The number of amides is 4. The third-order valence-electron chi connectivity index (χ3n) is 5.11. The van der Waals surface area contributed by atoms with Crippen molar-refractivity contribution in [1.82, 2.24) is 15.2 Å². The van der Waals surface area contributed by atoms with Crippen LogP contribution >= 0.6 is 0 Å². The van der Waals surface area contributed by atoms with Crippen molar-refractivity contribution < 1.29 is 23.9 Å². The summed E-state index contributed by atoms with van der Waals surface area (Å²) in [5, 5.41) is 5.39. The van der Waals surface area contributed by atoms with Crippen LogP contribution in [0.4, 0.5) is 10.6 Å². The summed E-state index contributed by atoms with van der Waals surface area (Å²) >= 11 is 0. The number of aromatic nitrogens is 1. The van der Waals surface area contributed by atoms with E-state index < -0.39 is 12.1 Å². The fourth-order valence-corrected chi connectivity index (χ4v) is 3.35. The second kappa shape index (κ2) is 9.92. The van der Waals surface area contributed by atoms with Gasteiger partial charge in [-0.15, -0.1) is 0 Å². The molecule has 1 aliphatic heterocycles. The van der Waals surface area contributed by atoms with E-state index in [0.29, 0.717) is 23.7 Å². The van der Waals surface area contributed by atoms with Crippen molar-refractivity contribution in [2.24, 2.45) is 0 Å². The molecule has 2 N–H and O–H groups in total. The molecule has 4 amide bonds. The first-order chi connectivity index (χ1) is 14.9. The number of hydrogen-bond acceptors (Lipinski definition) is 6. The lowest BCUT2D eigenvalue weighted by atomic mass is 10.1. The quantitative estimate of drug-likeness (QED) is 0.596. The molecular weight excluding hydrogens is 400 g/mol. The third-order valence-corrected chi connectivity index (χ3v) is 5.11. The van der Waals surface area contributed by atoms with Crippen molar-refractivity contribution in [3.05, 3.63) is 47.7 Å². The zero-order valence-corrected chi connectivity index (χ0v) is 17.8. The smallest absolute Gasteiger partial charge is 0.324 e. The zero-order chi connectivity index (χ0) is 22.4. The van der Waals surface area contributed by atoms with Crippen molar-refractivity contribution in [3.63, 3.8) is 0 Å². The number of nitrogens with zero attached hydrogens (tertiary/aromatic N) is 2. The number of aryl methyl sites for hydroxylation is 1. The number of ether oxygens (including phenoxy) is 2. The lowest BCUT2D eigenvalue weighted by Gasteiger charge is -2.14. The highest BCUT2D eigenvalue weighted by Crippen LogP contribution is 2.28. The zero-order valence-electron chi connectivity index (χ0n) is 17.8. The number of rotatable bonds is 9. The Morgan fingerprint density at radius 2 is 1.97 bits per heavy atom. The van der Waals surface area contributed by atoms with E-state index in [9.17, 15) is 14.4 Å². The molecule has 0 unspecified atom stereocenters. The summed E-state index contributed by atoms with van der Waals surface area (Å²) in [6.07, 6.45) is 2.39. The Bertz CT molecular complexity index is 978. The monoisotopic (exact) mass is 426 g/mol. The molecule has 1 aliphatic rings. The van der Waals surface area contributed by atoms with Gasteiger partial charge in [0.25, 0.3) is 5.91 Å². The van der Waals surface area contributed by atoms with Gasteiger partial charge < -0.3 is 20.1 Å². The summed E-state index contributed by atoms with van der Waals surface area (Å²) in [7, 11) is 3.11. The van der Waals surface area contributed by atoms with Gasteiger partial charge in [-0.2, -0.15) is 0 Å². The number of carbonyl (C=O) groups is 3. The van der Waals surface area contributed by atoms with Crippen LogP contribution in [0.15, 0.2) is 36.5 Å². The number of imide groups is 1. The van der Waals surface area contributed by atoms with Crippen LogP contribution in [-0.2, 0) is 16.0 Å². The molecule has 2 heterocycles. The molecule has 1 fully saturated rings. The van der Waals surface area contributed by atoms with Crippen molar-refractivity contribution in [1.29, 1.82) is 0 Å². The van der Waals surface area contributed by atoms with Crippen LogP contribution in [0.25, 0.3) is 0 Å². The Hall–Kier alpha value is -3.62. The molecule has 0 aliphatic carbocycles. The van der Waals surface area contributed by atoms with E-state index in [2.05, 4.69) is 15.6 Å². The van der Waals surface area contributed by atoms with E-state index in [1.807, 2.05) is 25.1 Å². The molecule has 164 valence electrons. The van der Waals surface area contributed by atoms with Crippen molar-refractivity contribution in [2.75, 3.05) is 26.1 Å². The fourth-order valence-electron chi connectivity index (χ4n) is 3.35. The third kappa shape index (κ3) is 5.30. The molecular formula is C22H26N4O5. The molecule has 1 atom stereocenters. The second-order valence-electron chi connectivity index (χ2n) is 7.19. The van der Waals surface area contributed by atoms with Crippen LogP contribution in [0.1, 0.15) is 24.0 Å². The fraction of sp³-hybridized carbons (Fsp3) is 0.364. The highest BCUT2D eigenvalue weighted by molar-refractivity contribution is 6.04. The van der Waals surface area contributed by atoms with Gasteiger partial charge in [-0.05, 0) is 49.1 Å². The molecule has 9 heteroatoms. The second-order valence-corrected chi connectivity index (χ2v) is 7.19. The van der Waals surface area contributed by atoms with Gasteiger partial charge in [0.1, 0.15) is 11.9 Å². The topological polar surface area (TPSA) is 110 Å². The maximum atomic E-state index is 12.6. The first-order valence-electron chi connectivity index (χ1n) is 9.97. The molecule has 0 bridgehead atoms. The van der Waals surface area contributed by atoms with E-state index >= 15 is 0 Å². The van der Waals surface area contributed by atoms with Gasteiger partial charge in [-0.1, -0.05) is 12.1 Å². The van der Waals surface area contributed by atoms with Crippen LogP contribution in [-0.4, -0.2) is 54.5 Å². The minimum absolute atomic E-state index is 0.0935. The van der Waals surface area contributed by atoms with Crippen LogP contribution in [0.2, 0.25) is 0 Å². The van der Waals surface area contributed by atoms with Crippen LogP contribution in [0, 0.1) is 6.92 Å². The highest BCUT2D eigenvalue weighted by atomic mass is 16.5. The van der Waals surface area contributed by atoms with Gasteiger partial charge in [-0.3, -0.25) is 14.5 Å². The van der Waals surface area contributed by atoms with Gasteiger partial charge >= 0.3 is 6.03 Å². The number of urea groups is 1. The largest absolute Gasteiger partial charge is 0.493 e. The molecule has 1 aromatic carbocycles. The number of nitrogens with one attached hydrogen (secondary N) is 2. The van der Waals surface area contributed by atoms with E-state index in [-0.39, 0.29) is 31.2 Å². The molecule has 0 saturated carbocycles. The first kappa shape index (κ1) is 22.1. The summed E-state index contributed by atoms with van der Waals surface area (Å²) in [5.74, 6) is 1.11. The Kier molecular flexibility index (Phi) is 7.07. The van der Waals surface area contributed by atoms with E-state index in [1.54, 1.807) is 32.5 Å². The minimum Gasteiger partial charge on any atom is -0.493 e. The average molecular weight is 426 g/mol. The average Bonchev–Trinajstić information content (AvgIpc) is 3.04. The Morgan fingerprint density at radius 3 is 2.68 bits per heavy atom. The molecule has 9 nitrogen and oxygen atoms in total. The molecule has 2 aromatic rings. The van der Waals surface area contributed by atoms with Crippen molar-refractivity contribution >= 4 is 23.7 Å². The van der Waals surface area contributed by atoms with Crippen molar-refractivity contribution in [2.45, 2.75) is 32.2 Å². The maximum Gasteiger partial charge on any atom is 0.324 e. The molecule has 0 radical (unpaired) electrons. The van der Waals surface area contributed by atoms with Gasteiger partial charge in [0.2, 0.25) is 5.91 Å². The molecule has 1 aromatic heterocycles. The summed E-state index contributed by atoms with van der Waals surface area (Å²) in [6, 6.07) is 7.93. The molecule has 0 spiro atoms. The molecule has 1 saturated heterocycles. The predicted octanol–water partition coefficient (Wildman–Crippen LogP) is 2.29. The number of carbonyl (C=O) groups excluding carboxylic acids is 3. The number of pyridine rings is 1. The summed E-state index contributed by atoms with van der Waals surface area (Å²) < 4.78 is 10.5. The van der Waals surface area contributed by atoms with Crippen LogP contribution in [0.5, 0.6) is 11.5 Å². The normalized spacial score (nSPS) is 15.6. The van der Waals surface area contributed by atoms with Gasteiger partial charge in [0.15, 0.2) is 11.5 Å². The Labute approximate surface area is 180 Å².